The van der Waals surface area contributed by atoms with Crippen molar-refractivity contribution < 1.29 is 27.6 Å². The Balaban J connectivity index is 2.19. The summed E-state index contributed by atoms with van der Waals surface area (Å²) >= 11 is 11.9. The Labute approximate surface area is 191 Å². The molecule has 0 atom stereocenters. The summed E-state index contributed by atoms with van der Waals surface area (Å²) in [4.78, 5) is 40.5. The van der Waals surface area contributed by atoms with Gasteiger partial charge in [-0.25, -0.2) is 9.78 Å². The van der Waals surface area contributed by atoms with Gasteiger partial charge >= 0.3 is 12.2 Å². The summed E-state index contributed by atoms with van der Waals surface area (Å²) in [5, 5.41) is 6.39. The van der Waals surface area contributed by atoms with E-state index in [4.69, 9.17) is 23.2 Å². The summed E-state index contributed by atoms with van der Waals surface area (Å²) in [6.07, 6.45) is -2.65. The molecule has 2 aromatic rings. The second-order valence-electron chi connectivity index (χ2n) is 6.74. The molecule has 0 aliphatic carbocycles. The number of aromatic nitrogens is 1. The van der Waals surface area contributed by atoms with Crippen molar-refractivity contribution in [1.82, 2.24) is 15.6 Å². The molecule has 0 fully saturated rings. The molecule has 0 radical (unpaired) electrons. The van der Waals surface area contributed by atoms with Crippen molar-refractivity contribution in [3.05, 3.63) is 56.8 Å². The van der Waals surface area contributed by atoms with E-state index >= 15 is 0 Å². The van der Waals surface area contributed by atoms with E-state index in [0.29, 0.717) is 24.4 Å². The van der Waals surface area contributed by atoms with Gasteiger partial charge in [0.25, 0.3) is 11.8 Å². The second-order valence-corrected chi connectivity index (χ2v) is 7.55. The van der Waals surface area contributed by atoms with Crippen molar-refractivity contribution in [2.45, 2.75) is 32.9 Å². The topological polar surface area (TPSA) is 100 Å². The molecule has 0 spiro atoms. The van der Waals surface area contributed by atoms with Gasteiger partial charge in [0, 0.05) is 12.7 Å². The Bertz CT molecular complexity index is 1050. The average Bonchev–Trinajstić information content (AvgIpc) is 2.68. The molecule has 3 N–H and O–H groups in total. The van der Waals surface area contributed by atoms with Gasteiger partial charge in [0.15, 0.2) is 0 Å². The van der Waals surface area contributed by atoms with Crippen LogP contribution in [0.2, 0.25) is 10.0 Å². The van der Waals surface area contributed by atoms with Gasteiger partial charge in [0.05, 0.1) is 26.9 Å². The Hall–Kier alpha value is -2.85. The lowest BCUT2D eigenvalue weighted by Gasteiger charge is -2.15. The Morgan fingerprint density at radius 1 is 1.06 bits per heavy atom. The van der Waals surface area contributed by atoms with E-state index in [1.807, 2.05) is 12.2 Å². The number of halogens is 5. The Morgan fingerprint density at radius 3 is 2.34 bits per heavy atom. The molecule has 172 valence electrons. The number of urea groups is 1. The van der Waals surface area contributed by atoms with Crippen molar-refractivity contribution in [1.29, 1.82) is 0 Å². The number of benzene rings is 1. The van der Waals surface area contributed by atoms with Gasteiger partial charge in [-0.3, -0.25) is 14.9 Å². The predicted octanol–water partition coefficient (Wildman–Crippen LogP) is 5.21. The van der Waals surface area contributed by atoms with Crippen LogP contribution >= 0.6 is 23.2 Å². The number of nitrogens with one attached hydrogen (secondary N) is 3. The highest BCUT2D eigenvalue weighted by molar-refractivity contribution is 6.35. The monoisotopic (exact) mass is 490 g/mol. The molecule has 1 heterocycles. The Morgan fingerprint density at radius 2 is 1.75 bits per heavy atom. The number of carbonyl (C=O) groups is 3. The molecular weight excluding hydrogens is 472 g/mol. The third-order valence-electron chi connectivity index (χ3n) is 4.14. The highest BCUT2D eigenvalue weighted by Crippen LogP contribution is 2.31. The highest BCUT2D eigenvalue weighted by Gasteiger charge is 2.32. The van der Waals surface area contributed by atoms with Crippen molar-refractivity contribution >= 4 is 46.7 Å². The zero-order valence-corrected chi connectivity index (χ0v) is 18.5. The van der Waals surface area contributed by atoms with Crippen LogP contribution in [0.3, 0.4) is 0 Å². The molecule has 7 nitrogen and oxygen atoms in total. The van der Waals surface area contributed by atoms with Crippen LogP contribution in [0.15, 0.2) is 24.4 Å². The number of alkyl halides is 3. The number of amides is 4. The molecule has 0 unspecified atom stereocenters. The lowest BCUT2D eigenvalue weighted by atomic mass is 10.1. The number of aryl methyl sites for hydroxylation is 1. The minimum atomic E-state index is -4.70. The van der Waals surface area contributed by atoms with Crippen LogP contribution in [0, 0.1) is 6.92 Å². The molecule has 1 aromatic carbocycles. The fraction of sp³-hybridized carbons (Fsp3) is 0.300. The normalized spacial score (nSPS) is 11.1. The predicted molar refractivity (Wildman–Crippen MR) is 114 cm³/mol. The van der Waals surface area contributed by atoms with Gasteiger partial charge in [-0.1, -0.05) is 36.5 Å². The van der Waals surface area contributed by atoms with Gasteiger partial charge in [-0.05, 0) is 37.1 Å². The molecule has 32 heavy (non-hydrogen) atoms. The van der Waals surface area contributed by atoms with Crippen molar-refractivity contribution in [3.8, 4) is 0 Å². The number of anilines is 1. The maximum Gasteiger partial charge on any atom is 0.417 e. The number of rotatable bonds is 6. The number of pyridine rings is 1. The molecule has 2 rings (SSSR count). The first kappa shape index (κ1) is 25.4. The average molecular weight is 491 g/mol. The molecule has 0 aliphatic rings. The van der Waals surface area contributed by atoms with Gasteiger partial charge in [-0.15, -0.1) is 0 Å². The molecule has 12 heteroatoms. The standard InChI is InChI=1S/C20H19Cl2F3N4O3/c1-3-4-5-26-17(30)12-6-10(2)7-13(21)15(12)28-19(32)29-18(31)16-14(22)8-11(9-27-16)20(23,24)25/h6-9H,3-5H2,1-2H3,(H,26,30)(H2,28,29,31,32). The third kappa shape index (κ3) is 6.57. The van der Waals surface area contributed by atoms with E-state index in [0.717, 1.165) is 12.8 Å². The minimum absolute atomic E-state index is 0.0389. The van der Waals surface area contributed by atoms with E-state index in [2.05, 4.69) is 15.6 Å². The maximum atomic E-state index is 12.7. The summed E-state index contributed by atoms with van der Waals surface area (Å²) in [5.41, 5.74) is -1.02. The minimum Gasteiger partial charge on any atom is -0.352 e. The van der Waals surface area contributed by atoms with E-state index in [-0.39, 0.29) is 16.3 Å². The zero-order chi connectivity index (χ0) is 24.1. The number of nitrogens with zero attached hydrogens (tertiary/aromatic N) is 1. The highest BCUT2D eigenvalue weighted by atomic mass is 35.5. The quantitative estimate of drug-likeness (QED) is 0.484. The first-order chi connectivity index (χ1) is 14.9. The van der Waals surface area contributed by atoms with Crippen LogP contribution in [0.1, 0.15) is 51.7 Å². The number of hydrogen-bond acceptors (Lipinski definition) is 4. The maximum absolute atomic E-state index is 12.7. The summed E-state index contributed by atoms with van der Waals surface area (Å²) in [5.74, 6) is -1.61. The van der Waals surface area contributed by atoms with E-state index in [9.17, 15) is 27.6 Å². The fourth-order valence-corrected chi connectivity index (χ4v) is 3.16. The van der Waals surface area contributed by atoms with Crippen LogP contribution in [0.5, 0.6) is 0 Å². The first-order valence-corrected chi connectivity index (χ1v) is 10.1. The van der Waals surface area contributed by atoms with Gasteiger partial charge in [0.1, 0.15) is 5.69 Å². The number of carbonyl (C=O) groups excluding carboxylic acids is 3. The summed E-state index contributed by atoms with van der Waals surface area (Å²) in [7, 11) is 0. The van der Waals surface area contributed by atoms with Gasteiger partial charge in [-0.2, -0.15) is 13.2 Å². The SMILES string of the molecule is CCCCNC(=O)c1cc(C)cc(Cl)c1NC(=O)NC(=O)c1ncc(C(F)(F)F)cc1Cl. The molecule has 4 amide bonds. The van der Waals surface area contributed by atoms with Gasteiger partial charge in [0.2, 0.25) is 0 Å². The smallest absolute Gasteiger partial charge is 0.352 e. The molecule has 1 aromatic heterocycles. The molecule has 0 aliphatic heterocycles. The van der Waals surface area contributed by atoms with Gasteiger partial charge < -0.3 is 10.6 Å². The molecule has 0 bridgehead atoms. The van der Waals surface area contributed by atoms with Crippen LogP contribution in [0.4, 0.5) is 23.7 Å². The number of imide groups is 1. The zero-order valence-electron chi connectivity index (χ0n) is 17.0. The second kappa shape index (κ2) is 10.6. The van der Waals surface area contributed by atoms with Crippen LogP contribution in [-0.2, 0) is 6.18 Å². The largest absolute Gasteiger partial charge is 0.417 e. The van der Waals surface area contributed by atoms with Crippen molar-refractivity contribution in [3.63, 3.8) is 0 Å². The lowest BCUT2D eigenvalue weighted by molar-refractivity contribution is -0.137. The van der Waals surface area contributed by atoms with Crippen LogP contribution in [-0.4, -0.2) is 29.4 Å². The first-order valence-electron chi connectivity index (χ1n) is 9.37. The molecule has 0 saturated heterocycles. The van der Waals surface area contributed by atoms with Crippen molar-refractivity contribution in [2.75, 3.05) is 11.9 Å². The Kier molecular flexibility index (Phi) is 8.45. The number of unbranched alkanes of at least 4 members (excludes halogenated alkanes) is 1. The summed E-state index contributed by atoms with van der Waals surface area (Å²) in [6, 6.07) is 2.47. The van der Waals surface area contributed by atoms with E-state index < -0.39 is 40.3 Å². The van der Waals surface area contributed by atoms with Crippen LogP contribution in [0.25, 0.3) is 0 Å². The third-order valence-corrected chi connectivity index (χ3v) is 4.73. The molecular formula is C20H19Cl2F3N4O3. The fourth-order valence-electron chi connectivity index (χ4n) is 2.59. The van der Waals surface area contributed by atoms with E-state index in [1.54, 1.807) is 6.92 Å². The van der Waals surface area contributed by atoms with Crippen LogP contribution < -0.4 is 16.0 Å². The summed E-state index contributed by atoms with van der Waals surface area (Å²) < 4.78 is 38.1. The van der Waals surface area contributed by atoms with Crippen molar-refractivity contribution in [2.24, 2.45) is 0 Å². The molecule has 0 saturated carbocycles. The number of hydrogen-bond donors (Lipinski definition) is 3. The van der Waals surface area contributed by atoms with E-state index in [1.165, 1.54) is 12.1 Å². The lowest BCUT2D eigenvalue weighted by Crippen LogP contribution is -2.36. The summed E-state index contributed by atoms with van der Waals surface area (Å²) in [6.45, 7) is 4.09.